The molecule has 1 aromatic carbocycles. The molecule has 16 heavy (non-hydrogen) atoms. The van der Waals surface area contributed by atoms with Crippen LogP contribution in [0.4, 0.5) is 8.78 Å². The number of nitrogens with two attached hydrogens (primary N) is 1. The number of benzene rings is 1. The lowest BCUT2D eigenvalue weighted by Gasteiger charge is -2.03. The fraction of sp³-hybridized carbons (Fsp3) is 0.182. The van der Waals surface area contributed by atoms with Crippen molar-refractivity contribution in [1.29, 1.82) is 0 Å². The summed E-state index contributed by atoms with van der Waals surface area (Å²) in [5, 5.41) is 0.622. The Morgan fingerprint density at radius 1 is 1.50 bits per heavy atom. The highest BCUT2D eigenvalue weighted by Gasteiger charge is 2.15. The van der Waals surface area contributed by atoms with Gasteiger partial charge in [0.25, 0.3) is 0 Å². The number of fused-ring (bicyclic) bond motifs is 1. The minimum absolute atomic E-state index is 0.0544. The summed E-state index contributed by atoms with van der Waals surface area (Å²) in [7, 11) is 0. The molecule has 3 N–H and O–H groups in total. The van der Waals surface area contributed by atoms with Crippen LogP contribution in [0.3, 0.4) is 0 Å². The van der Waals surface area contributed by atoms with E-state index in [1.54, 1.807) is 12.3 Å². The summed E-state index contributed by atoms with van der Waals surface area (Å²) in [6, 6.07) is 1.48. The summed E-state index contributed by atoms with van der Waals surface area (Å²) >= 11 is 0. The molecule has 0 amide bonds. The Morgan fingerprint density at radius 3 is 2.94 bits per heavy atom. The number of carbonyl (C=O) groups is 1. The van der Waals surface area contributed by atoms with Gasteiger partial charge in [0, 0.05) is 17.1 Å². The third-order valence-corrected chi connectivity index (χ3v) is 2.46. The van der Waals surface area contributed by atoms with Crippen molar-refractivity contribution in [3.63, 3.8) is 0 Å². The second-order valence-electron chi connectivity index (χ2n) is 3.62. The van der Waals surface area contributed by atoms with Crippen LogP contribution in [-0.2, 0) is 11.2 Å². The van der Waals surface area contributed by atoms with E-state index in [4.69, 9.17) is 5.73 Å². The second-order valence-corrected chi connectivity index (χ2v) is 3.62. The van der Waals surface area contributed by atoms with Gasteiger partial charge in [0.2, 0.25) is 0 Å². The molecule has 0 aliphatic heterocycles. The highest BCUT2D eigenvalue weighted by molar-refractivity contribution is 5.84. The quantitative estimate of drug-likeness (QED) is 0.779. The van der Waals surface area contributed by atoms with E-state index in [0.29, 0.717) is 10.9 Å². The summed E-state index contributed by atoms with van der Waals surface area (Å²) in [5.41, 5.74) is 6.67. The molecule has 1 heterocycles. The van der Waals surface area contributed by atoms with Gasteiger partial charge in [0.1, 0.15) is 11.9 Å². The number of carbonyl (C=O) groups excluding carboxylic acids is 1. The zero-order valence-corrected chi connectivity index (χ0v) is 8.34. The molecule has 2 aromatic rings. The Kier molecular flexibility index (Phi) is 2.70. The van der Waals surface area contributed by atoms with Crippen molar-refractivity contribution in [1.82, 2.24) is 4.98 Å². The zero-order valence-electron chi connectivity index (χ0n) is 8.34. The Bertz CT molecular complexity index is 536. The largest absolute Gasteiger partial charge is 0.361 e. The minimum Gasteiger partial charge on any atom is -0.361 e. The normalized spacial score (nSPS) is 12.9. The Morgan fingerprint density at radius 2 is 2.25 bits per heavy atom. The third-order valence-electron chi connectivity index (χ3n) is 2.46. The summed E-state index contributed by atoms with van der Waals surface area (Å²) < 4.78 is 25.3. The summed E-state index contributed by atoms with van der Waals surface area (Å²) in [5.74, 6) is -0.381. The van der Waals surface area contributed by atoms with Gasteiger partial charge in [-0.15, -0.1) is 0 Å². The zero-order chi connectivity index (χ0) is 11.7. The first-order valence-electron chi connectivity index (χ1n) is 4.78. The van der Waals surface area contributed by atoms with E-state index >= 15 is 0 Å². The molecule has 0 bridgehead atoms. The molecule has 1 atom stereocenters. The molecule has 0 aliphatic rings. The second kappa shape index (κ2) is 4.02. The minimum atomic E-state index is -1.56. The molecule has 0 saturated carbocycles. The lowest BCUT2D eigenvalue weighted by molar-refractivity contribution is -0.130. The molecule has 0 aliphatic carbocycles. The number of aromatic amines is 1. The lowest BCUT2D eigenvalue weighted by Crippen LogP contribution is -2.29. The first-order chi connectivity index (χ1) is 7.58. The monoisotopic (exact) mass is 224 g/mol. The third kappa shape index (κ3) is 1.94. The molecule has 0 radical (unpaired) electrons. The van der Waals surface area contributed by atoms with E-state index in [0.717, 1.165) is 5.52 Å². The van der Waals surface area contributed by atoms with Gasteiger partial charge >= 0.3 is 6.04 Å². The SMILES string of the molecule is N[C@@H](Cc1c[nH]c2ccc(F)cc12)C(=O)F. The van der Waals surface area contributed by atoms with Crippen molar-refractivity contribution < 1.29 is 13.6 Å². The van der Waals surface area contributed by atoms with Crippen LogP contribution >= 0.6 is 0 Å². The van der Waals surface area contributed by atoms with Gasteiger partial charge in [-0.3, -0.25) is 4.79 Å². The van der Waals surface area contributed by atoms with E-state index in [9.17, 15) is 13.6 Å². The topological polar surface area (TPSA) is 58.9 Å². The van der Waals surface area contributed by atoms with Gasteiger partial charge in [-0.05, 0) is 30.2 Å². The van der Waals surface area contributed by atoms with Crippen molar-refractivity contribution in [2.45, 2.75) is 12.5 Å². The number of nitrogens with one attached hydrogen (secondary N) is 1. The van der Waals surface area contributed by atoms with Crippen LogP contribution in [0.5, 0.6) is 0 Å². The molecule has 3 nitrogen and oxygen atoms in total. The van der Waals surface area contributed by atoms with Gasteiger partial charge in [-0.1, -0.05) is 0 Å². The van der Waals surface area contributed by atoms with Crippen molar-refractivity contribution in [3.05, 3.63) is 35.8 Å². The van der Waals surface area contributed by atoms with Gasteiger partial charge in [-0.2, -0.15) is 4.39 Å². The predicted octanol–water partition coefficient (Wildman–Crippen LogP) is 1.67. The molecule has 0 unspecified atom stereocenters. The smallest absolute Gasteiger partial charge is 0.318 e. The molecule has 1 aromatic heterocycles. The Labute approximate surface area is 90.2 Å². The summed E-state index contributed by atoms with van der Waals surface area (Å²) in [6.07, 6.45) is 1.66. The van der Waals surface area contributed by atoms with E-state index in [1.165, 1.54) is 12.1 Å². The summed E-state index contributed by atoms with van der Waals surface area (Å²) in [4.78, 5) is 13.3. The van der Waals surface area contributed by atoms with Gasteiger partial charge < -0.3 is 10.7 Å². The van der Waals surface area contributed by atoms with E-state index in [-0.39, 0.29) is 12.2 Å². The maximum Gasteiger partial charge on any atom is 0.318 e. The molecule has 2 rings (SSSR count). The van der Waals surface area contributed by atoms with Crippen LogP contribution in [0, 0.1) is 5.82 Å². The molecular formula is C11H10F2N2O. The highest BCUT2D eigenvalue weighted by Crippen LogP contribution is 2.20. The molecule has 5 heteroatoms. The van der Waals surface area contributed by atoms with Crippen molar-refractivity contribution in [2.75, 3.05) is 0 Å². The van der Waals surface area contributed by atoms with E-state index in [2.05, 4.69) is 4.98 Å². The number of halogens is 2. The number of aromatic nitrogens is 1. The van der Waals surface area contributed by atoms with Crippen LogP contribution in [0.25, 0.3) is 10.9 Å². The van der Waals surface area contributed by atoms with Crippen molar-refractivity contribution >= 4 is 16.9 Å². The fourth-order valence-corrected chi connectivity index (χ4v) is 1.64. The maximum absolute atomic E-state index is 13.0. The molecule has 0 fully saturated rings. The van der Waals surface area contributed by atoms with Gasteiger partial charge in [0.15, 0.2) is 0 Å². The van der Waals surface area contributed by atoms with Crippen LogP contribution in [0.15, 0.2) is 24.4 Å². The fourth-order valence-electron chi connectivity index (χ4n) is 1.64. The molecule has 0 saturated heterocycles. The Hall–Kier alpha value is -1.75. The maximum atomic E-state index is 13.0. The number of H-pyrrole nitrogens is 1. The highest BCUT2D eigenvalue weighted by atomic mass is 19.1. The number of rotatable bonds is 3. The van der Waals surface area contributed by atoms with Crippen LogP contribution in [-0.4, -0.2) is 17.1 Å². The lowest BCUT2D eigenvalue weighted by atomic mass is 10.1. The van der Waals surface area contributed by atoms with Crippen molar-refractivity contribution in [3.8, 4) is 0 Å². The van der Waals surface area contributed by atoms with Crippen LogP contribution < -0.4 is 5.73 Å². The number of hydrogen-bond donors (Lipinski definition) is 2. The van der Waals surface area contributed by atoms with Crippen molar-refractivity contribution in [2.24, 2.45) is 5.73 Å². The van der Waals surface area contributed by atoms with E-state index in [1.807, 2.05) is 0 Å². The first kappa shape index (κ1) is 10.8. The average Bonchev–Trinajstić information content (AvgIpc) is 2.61. The first-order valence-corrected chi connectivity index (χ1v) is 4.78. The van der Waals surface area contributed by atoms with Gasteiger partial charge in [0.05, 0.1) is 0 Å². The number of hydrogen-bond acceptors (Lipinski definition) is 2. The summed E-state index contributed by atoms with van der Waals surface area (Å²) in [6.45, 7) is 0. The molecule has 0 spiro atoms. The standard InChI is InChI=1S/C11H10F2N2O/c12-7-1-2-10-8(4-7)6(5-15-10)3-9(14)11(13)16/h1-2,4-5,9,15H,3,14H2/t9-/m0/s1. The van der Waals surface area contributed by atoms with E-state index < -0.39 is 12.1 Å². The molecular weight excluding hydrogens is 214 g/mol. The van der Waals surface area contributed by atoms with Crippen LogP contribution in [0.2, 0.25) is 0 Å². The predicted molar refractivity (Wildman–Crippen MR) is 56.1 cm³/mol. The van der Waals surface area contributed by atoms with Crippen LogP contribution in [0.1, 0.15) is 5.56 Å². The van der Waals surface area contributed by atoms with Gasteiger partial charge in [-0.25, -0.2) is 4.39 Å². The molecule has 84 valence electrons. The average molecular weight is 224 g/mol. The Balaban J connectivity index is 2.37.